The Hall–Kier alpha value is -2.52. The van der Waals surface area contributed by atoms with Crippen LogP contribution in [0, 0.1) is 16.0 Å². The van der Waals surface area contributed by atoms with E-state index in [1.54, 1.807) is 13.0 Å². The van der Waals surface area contributed by atoms with Crippen LogP contribution in [0.3, 0.4) is 0 Å². The summed E-state index contributed by atoms with van der Waals surface area (Å²) in [7, 11) is 0. The number of nitrogens with zero attached hydrogens (tertiary/aromatic N) is 1. The first-order chi connectivity index (χ1) is 13.4. The normalized spacial score (nSPS) is 16.0. The van der Waals surface area contributed by atoms with E-state index in [4.69, 9.17) is 4.74 Å². The minimum absolute atomic E-state index is 0.0182. The molecule has 0 aromatic carbocycles. The summed E-state index contributed by atoms with van der Waals surface area (Å²) in [6.45, 7) is 4.19. The van der Waals surface area contributed by atoms with Gasteiger partial charge in [0.25, 0.3) is 0 Å². The third-order valence-corrected chi connectivity index (χ3v) is 6.59. The van der Waals surface area contributed by atoms with E-state index >= 15 is 0 Å². The maximum Gasteiger partial charge on any atom is 0.341 e. The first kappa shape index (κ1) is 20.2. The van der Waals surface area contributed by atoms with E-state index in [9.17, 15) is 19.7 Å². The molecule has 0 fully saturated rings. The molecule has 0 radical (unpaired) electrons. The van der Waals surface area contributed by atoms with Gasteiger partial charge in [-0.1, -0.05) is 18.3 Å². The highest BCUT2D eigenvalue weighted by molar-refractivity contribution is 7.17. The van der Waals surface area contributed by atoms with Crippen molar-refractivity contribution in [1.29, 1.82) is 0 Å². The Morgan fingerprint density at radius 3 is 2.86 bits per heavy atom. The quantitative estimate of drug-likeness (QED) is 0.317. The number of thiophene rings is 2. The van der Waals surface area contributed by atoms with Crippen LogP contribution in [0.1, 0.15) is 45.9 Å². The molecule has 2 aromatic rings. The molecule has 1 N–H and O–H groups in total. The number of hydrogen-bond donors (Lipinski definition) is 1. The summed E-state index contributed by atoms with van der Waals surface area (Å²) in [6, 6.07) is 2.98. The lowest BCUT2D eigenvalue weighted by Crippen LogP contribution is -2.15. The van der Waals surface area contributed by atoms with Crippen LogP contribution in [0.4, 0.5) is 10.0 Å². The fraction of sp³-hybridized carbons (Fsp3) is 0.368. The standard InChI is InChI=1S/C19H20N2O5S2/c1-3-26-19(23)17-13-7-4-11(2)10-14(13)28-18(17)20-15(22)8-5-12-6-9-16(27-12)21(24)25/h5-6,8-9,11H,3-4,7,10H2,1-2H3,(H,20,22)/b8-5+. The fourth-order valence-corrected chi connectivity index (χ4v) is 5.23. The molecule has 0 bridgehead atoms. The van der Waals surface area contributed by atoms with Crippen LogP contribution in [0.2, 0.25) is 0 Å². The molecular weight excluding hydrogens is 400 g/mol. The predicted octanol–water partition coefficient (Wildman–Crippen LogP) is 4.67. The SMILES string of the molecule is CCOC(=O)c1c(NC(=O)/C=C/c2ccc([N+](=O)[O-])s2)sc2c1CCC(C)C2. The summed E-state index contributed by atoms with van der Waals surface area (Å²) in [5.74, 6) is -0.268. The lowest BCUT2D eigenvalue weighted by molar-refractivity contribution is -0.380. The maximum absolute atomic E-state index is 12.5. The summed E-state index contributed by atoms with van der Waals surface area (Å²) < 4.78 is 5.19. The number of carbonyl (C=O) groups excluding carboxylic acids is 2. The number of nitrogens with one attached hydrogen (secondary N) is 1. The summed E-state index contributed by atoms with van der Waals surface area (Å²) in [6.07, 6.45) is 5.52. The molecule has 28 heavy (non-hydrogen) atoms. The minimum Gasteiger partial charge on any atom is -0.462 e. The Morgan fingerprint density at radius 1 is 1.39 bits per heavy atom. The largest absolute Gasteiger partial charge is 0.462 e. The Balaban J connectivity index is 1.80. The van der Waals surface area contributed by atoms with E-state index in [1.807, 2.05) is 0 Å². The smallest absolute Gasteiger partial charge is 0.341 e. The van der Waals surface area contributed by atoms with Gasteiger partial charge in [-0.25, -0.2) is 4.79 Å². The van der Waals surface area contributed by atoms with Crippen LogP contribution in [0.5, 0.6) is 0 Å². The number of rotatable bonds is 6. The van der Waals surface area contributed by atoms with Gasteiger partial charge in [0.2, 0.25) is 5.91 Å². The first-order valence-electron chi connectivity index (χ1n) is 8.94. The van der Waals surface area contributed by atoms with Gasteiger partial charge in [0.1, 0.15) is 5.00 Å². The number of fused-ring (bicyclic) bond motifs is 1. The van der Waals surface area contributed by atoms with Crippen molar-refractivity contribution in [2.45, 2.75) is 33.1 Å². The number of ether oxygens (including phenoxy) is 1. The summed E-state index contributed by atoms with van der Waals surface area (Å²) in [5.41, 5.74) is 1.44. The zero-order valence-electron chi connectivity index (χ0n) is 15.5. The highest BCUT2D eigenvalue weighted by Gasteiger charge is 2.28. The molecule has 1 atom stereocenters. The van der Waals surface area contributed by atoms with Crippen LogP contribution in [0.15, 0.2) is 18.2 Å². The second kappa shape index (κ2) is 8.66. The van der Waals surface area contributed by atoms with E-state index in [0.717, 1.165) is 41.0 Å². The third kappa shape index (κ3) is 4.48. The summed E-state index contributed by atoms with van der Waals surface area (Å²) in [4.78, 5) is 36.8. The third-order valence-electron chi connectivity index (χ3n) is 4.42. The fourth-order valence-electron chi connectivity index (χ4n) is 3.10. The van der Waals surface area contributed by atoms with Gasteiger partial charge in [0.05, 0.1) is 17.1 Å². The Morgan fingerprint density at radius 2 is 2.18 bits per heavy atom. The molecule has 1 aliphatic carbocycles. The molecule has 0 spiro atoms. The van der Waals surface area contributed by atoms with Crippen molar-refractivity contribution < 1.29 is 19.2 Å². The summed E-state index contributed by atoms with van der Waals surface area (Å²) >= 11 is 2.41. The average molecular weight is 421 g/mol. The summed E-state index contributed by atoms with van der Waals surface area (Å²) in [5, 5.41) is 14.0. The van der Waals surface area contributed by atoms with E-state index in [2.05, 4.69) is 12.2 Å². The van der Waals surface area contributed by atoms with Gasteiger partial charge < -0.3 is 10.1 Å². The molecule has 7 nitrogen and oxygen atoms in total. The molecule has 0 saturated carbocycles. The van der Waals surface area contributed by atoms with Gasteiger partial charge in [-0.15, -0.1) is 11.3 Å². The zero-order chi connectivity index (χ0) is 20.3. The van der Waals surface area contributed by atoms with Crippen LogP contribution in [-0.4, -0.2) is 23.4 Å². The van der Waals surface area contributed by atoms with Gasteiger partial charge >= 0.3 is 11.0 Å². The zero-order valence-corrected chi connectivity index (χ0v) is 17.2. The van der Waals surface area contributed by atoms with Crippen molar-refractivity contribution in [2.24, 2.45) is 5.92 Å². The number of esters is 1. The number of nitro groups is 1. The van der Waals surface area contributed by atoms with Gasteiger partial charge in [-0.2, -0.15) is 0 Å². The van der Waals surface area contributed by atoms with E-state index in [-0.39, 0.29) is 11.6 Å². The van der Waals surface area contributed by atoms with Crippen LogP contribution >= 0.6 is 22.7 Å². The molecule has 3 rings (SSSR count). The molecule has 2 aromatic heterocycles. The maximum atomic E-state index is 12.5. The van der Waals surface area contributed by atoms with Crippen molar-refractivity contribution in [2.75, 3.05) is 11.9 Å². The molecule has 2 heterocycles. The monoisotopic (exact) mass is 420 g/mol. The van der Waals surface area contributed by atoms with Crippen molar-refractivity contribution in [1.82, 2.24) is 0 Å². The van der Waals surface area contributed by atoms with Gasteiger partial charge in [0, 0.05) is 21.9 Å². The molecule has 1 aliphatic rings. The van der Waals surface area contributed by atoms with Crippen molar-refractivity contribution in [3.63, 3.8) is 0 Å². The molecule has 9 heteroatoms. The van der Waals surface area contributed by atoms with E-state index < -0.39 is 16.8 Å². The average Bonchev–Trinajstić information content (AvgIpc) is 3.24. The van der Waals surface area contributed by atoms with Crippen molar-refractivity contribution >= 4 is 50.6 Å². The van der Waals surface area contributed by atoms with Crippen molar-refractivity contribution in [3.8, 4) is 0 Å². The van der Waals surface area contributed by atoms with E-state index in [0.29, 0.717) is 21.4 Å². The molecule has 1 unspecified atom stereocenters. The number of anilines is 1. The topological polar surface area (TPSA) is 98.5 Å². The molecular formula is C19H20N2O5S2. The lowest BCUT2D eigenvalue weighted by Gasteiger charge is -2.18. The minimum atomic E-state index is -0.467. The van der Waals surface area contributed by atoms with Crippen LogP contribution < -0.4 is 5.32 Å². The molecule has 0 aliphatic heterocycles. The van der Waals surface area contributed by atoms with Gasteiger partial charge in [-0.3, -0.25) is 14.9 Å². The van der Waals surface area contributed by atoms with Gasteiger partial charge in [-0.05, 0) is 49.8 Å². The second-order valence-corrected chi connectivity index (χ2v) is 8.73. The molecule has 148 valence electrons. The van der Waals surface area contributed by atoms with Crippen LogP contribution in [-0.2, 0) is 22.4 Å². The van der Waals surface area contributed by atoms with Gasteiger partial charge in [0.15, 0.2) is 0 Å². The second-order valence-electron chi connectivity index (χ2n) is 6.53. The van der Waals surface area contributed by atoms with E-state index in [1.165, 1.54) is 29.6 Å². The lowest BCUT2D eigenvalue weighted by atomic mass is 9.88. The molecule has 0 saturated heterocycles. The Bertz CT molecular complexity index is 944. The highest BCUT2D eigenvalue weighted by atomic mass is 32.1. The number of amides is 1. The number of carbonyl (C=O) groups is 2. The van der Waals surface area contributed by atoms with Crippen LogP contribution in [0.25, 0.3) is 6.08 Å². The Labute approximate surface area is 170 Å². The predicted molar refractivity (Wildman–Crippen MR) is 110 cm³/mol. The highest BCUT2D eigenvalue weighted by Crippen LogP contribution is 2.40. The Kier molecular flexibility index (Phi) is 6.25. The number of hydrogen-bond acceptors (Lipinski definition) is 7. The first-order valence-corrected chi connectivity index (χ1v) is 10.6. The van der Waals surface area contributed by atoms with Crippen molar-refractivity contribution in [3.05, 3.63) is 49.2 Å². The molecule has 1 amide bonds.